The van der Waals surface area contributed by atoms with E-state index in [9.17, 15) is 13.2 Å². The average Bonchev–Trinajstić information content (AvgIpc) is 2.45. The van der Waals surface area contributed by atoms with Gasteiger partial charge in [-0.3, -0.25) is 4.79 Å². The van der Waals surface area contributed by atoms with Crippen LogP contribution in [0.25, 0.3) is 0 Å². The van der Waals surface area contributed by atoms with Gasteiger partial charge >= 0.3 is 5.97 Å². The molecule has 0 aliphatic rings. The SMILES string of the molecule is CCCCCCCS(=O)(=O)c1ccc(CCC(=O)O)cc1. The van der Waals surface area contributed by atoms with Crippen molar-refractivity contribution >= 4 is 15.8 Å². The molecule has 5 heteroatoms. The van der Waals surface area contributed by atoms with Crippen LogP contribution in [-0.2, 0) is 21.1 Å². The lowest BCUT2D eigenvalue weighted by atomic mass is 10.1. The molecule has 0 fully saturated rings. The predicted octanol–water partition coefficient (Wildman–Crippen LogP) is 3.45. The fourth-order valence-electron chi connectivity index (χ4n) is 2.13. The highest BCUT2D eigenvalue weighted by Crippen LogP contribution is 2.15. The van der Waals surface area contributed by atoms with Crippen LogP contribution >= 0.6 is 0 Å². The van der Waals surface area contributed by atoms with Crippen molar-refractivity contribution in [2.75, 3.05) is 5.75 Å². The quantitative estimate of drug-likeness (QED) is 0.672. The third-order valence-corrected chi connectivity index (χ3v) is 5.24. The molecule has 1 aromatic rings. The van der Waals surface area contributed by atoms with Crippen molar-refractivity contribution in [3.05, 3.63) is 29.8 Å². The number of rotatable bonds is 10. The molecule has 0 aromatic heterocycles. The summed E-state index contributed by atoms with van der Waals surface area (Å²) in [7, 11) is -3.21. The summed E-state index contributed by atoms with van der Waals surface area (Å²) in [5, 5.41) is 8.62. The highest BCUT2D eigenvalue weighted by Gasteiger charge is 2.13. The Morgan fingerprint density at radius 1 is 1.05 bits per heavy atom. The molecule has 0 spiro atoms. The van der Waals surface area contributed by atoms with E-state index in [2.05, 4.69) is 6.92 Å². The number of hydrogen-bond acceptors (Lipinski definition) is 3. The van der Waals surface area contributed by atoms with Gasteiger partial charge in [0.25, 0.3) is 0 Å². The van der Waals surface area contributed by atoms with E-state index < -0.39 is 15.8 Å². The van der Waals surface area contributed by atoms with E-state index in [0.717, 1.165) is 31.2 Å². The summed E-state index contributed by atoms with van der Waals surface area (Å²) >= 11 is 0. The van der Waals surface area contributed by atoms with Gasteiger partial charge in [-0.25, -0.2) is 8.42 Å². The molecule has 0 saturated carbocycles. The van der Waals surface area contributed by atoms with Crippen molar-refractivity contribution in [3.63, 3.8) is 0 Å². The Kier molecular flexibility index (Phi) is 7.43. The maximum atomic E-state index is 12.1. The number of carboxylic acid groups (broad SMARTS) is 1. The highest BCUT2D eigenvalue weighted by atomic mass is 32.2. The second kappa shape index (κ2) is 8.82. The van der Waals surface area contributed by atoms with Crippen LogP contribution in [0, 0.1) is 0 Å². The molecule has 0 atom stereocenters. The van der Waals surface area contributed by atoms with Gasteiger partial charge in [-0.15, -0.1) is 0 Å². The first-order valence-corrected chi connectivity index (χ1v) is 9.14. The van der Waals surface area contributed by atoms with Gasteiger partial charge in [0.1, 0.15) is 0 Å². The third kappa shape index (κ3) is 6.76. The first-order chi connectivity index (χ1) is 9.95. The number of sulfone groups is 1. The third-order valence-electron chi connectivity index (χ3n) is 3.43. The summed E-state index contributed by atoms with van der Waals surface area (Å²) < 4.78 is 24.3. The zero-order chi connectivity index (χ0) is 15.7. The first-order valence-electron chi connectivity index (χ1n) is 7.49. The van der Waals surface area contributed by atoms with E-state index in [1.165, 1.54) is 0 Å². The van der Waals surface area contributed by atoms with Gasteiger partial charge < -0.3 is 5.11 Å². The largest absolute Gasteiger partial charge is 0.481 e. The average molecular weight is 312 g/mol. The lowest BCUT2D eigenvalue weighted by Gasteiger charge is -2.06. The van der Waals surface area contributed by atoms with Crippen molar-refractivity contribution in [1.29, 1.82) is 0 Å². The van der Waals surface area contributed by atoms with E-state index >= 15 is 0 Å². The standard InChI is InChI=1S/C16H24O4S/c1-2-3-4-5-6-13-21(19,20)15-10-7-14(8-11-15)9-12-16(17)18/h7-8,10-11H,2-6,9,12-13H2,1H3,(H,17,18). The van der Waals surface area contributed by atoms with Crippen LogP contribution < -0.4 is 0 Å². The summed E-state index contributed by atoms with van der Waals surface area (Å²) in [4.78, 5) is 10.8. The molecule has 4 nitrogen and oxygen atoms in total. The molecule has 1 aromatic carbocycles. The van der Waals surface area contributed by atoms with Crippen LogP contribution in [0.15, 0.2) is 29.2 Å². The molecule has 0 saturated heterocycles. The number of carboxylic acids is 1. The van der Waals surface area contributed by atoms with E-state index in [4.69, 9.17) is 5.11 Å². The Morgan fingerprint density at radius 3 is 2.24 bits per heavy atom. The second-order valence-corrected chi connectivity index (χ2v) is 7.38. The smallest absolute Gasteiger partial charge is 0.303 e. The predicted molar refractivity (Wildman–Crippen MR) is 83.2 cm³/mol. The Balaban J connectivity index is 2.52. The monoisotopic (exact) mass is 312 g/mol. The molecular formula is C16H24O4S. The lowest BCUT2D eigenvalue weighted by Crippen LogP contribution is -2.07. The Hall–Kier alpha value is -1.36. The molecule has 0 aliphatic carbocycles. The van der Waals surface area contributed by atoms with E-state index in [-0.39, 0.29) is 12.2 Å². The lowest BCUT2D eigenvalue weighted by molar-refractivity contribution is -0.136. The van der Waals surface area contributed by atoms with Gasteiger partial charge in [-0.2, -0.15) is 0 Å². The second-order valence-electron chi connectivity index (χ2n) is 5.27. The molecule has 0 heterocycles. The first kappa shape index (κ1) is 17.7. The molecule has 0 radical (unpaired) electrons. The number of aryl methyl sites for hydroxylation is 1. The van der Waals surface area contributed by atoms with E-state index in [0.29, 0.717) is 17.7 Å². The maximum Gasteiger partial charge on any atom is 0.303 e. The van der Waals surface area contributed by atoms with Crippen molar-refractivity contribution in [1.82, 2.24) is 0 Å². The zero-order valence-corrected chi connectivity index (χ0v) is 13.4. The molecule has 118 valence electrons. The van der Waals surface area contributed by atoms with E-state index in [1.54, 1.807) is 24.3 Å². The van der Waals surface area contributed by atoms with Crippen molar-refractivity contribution in [2.45, 2.75) is 56.8 Å². The normalized spacial score (nSPS) is 11.5. The number of carbonyl (C=O) groups is 1. The summed E-state index contributed by atoms with van der Waals surface area (Å²) in [5.74, 6) is -0.663. The van der Waals surface area contributed by atoms with Gasteiger partial charge in [0, 0.05) is 6.42 Å². The van der Waals surface area contributed by atoms with Gasteiger partial charge in [0.15, 0.2) is 9.84 Å². The Bertz CT molecular complexity index is 532. The minimum Gasteiger partial charge on any atom is -0.481 e. The Labute approximate surface area is 127 Å². The van der Waals surface area contributed by atoms with Crippen LogP contribution in [-0.4, -0.2) is 25.2 Å². The van der Waals surface area contributed by atoms with Crippen molar-refractivity contribution in [3.8, 4) is 0 Å². The summed E-state index contributed by atoms with van der Waals surface area (Å²) in [5.41, 5.74) is 0.847. The minimum atomic E-state index is -3.21. The van der Waals surface area contributed by atoms with Gasteiger partial charge in [-0.05, 0) is 30.5 Å². The van der Waals surface area contributed by atoms with Crippen molar-refractivity contribution < 1.29 is 18.3 Å². The van der Waals surface area contributed by atoms with E-state index in [1.807, 2.05) is 0 Å². The number of aliphatic carboxylic acids is 1. The highest BCUT2D eigenvalue weighted by molar-refractivity contribution is 7.91. The van der Waals surface area contributed by atoms with Crippen LogP contribution in [0.1, 0.15) is 51.0 Å². The molecule has 1 N–H and O–H groups in total. The number of benzene rings is 1. The zero-order valence-electron chi connectivity index (χ0n) is 12.5. The summed E-state index contributed by atoms with van der Waals surface area (Å²) in [6, 6.07) is 6.57. The molecule has 0 aliphatic heterocycles. The molecule has 1 rings (SSSR count). The molecule has 0 unspecified atom stereocenters. The van der Waals surface area contributed by atoms with Crippen LogP contribution in [0.5, 0.6) is 0 Å². The summed E-state index contributed by atoms with van der Waals surface area (Å²) in [6.07, 6.45) is 5.51. The fourth-order valence-corrected chi connectivity index (χ4v) is 3.50. The number of unbranched alkanes of at least 4 members (excludes halogenated alkanes) is 4. The van der Waals surface area contributed by atoms with Crippen molar-refractivity contribution in [2.24, 2.45) is 0 Å². The molecular weight excluding hydrogens is 288 g/mol. The van der Waals surface area contributed by atoms with Crippen LogP contribution in [0.4, 0.5) is 0 Å². The van der Waals surface area contributed by atoms with Gasteiger partial charge in [-0.1, -0.05) is 44.7 Å². The Morgan fingerprint density at radius 2 is 1.67 bits per heavy atom. The van der Waals surface area contributed by atoms with Gasteiger partial charge in [0.05, 0.1) is 10.6 Å². The minimum absolute atomic E-state index is 0.0591. The number of hydrogen-bond donors (Lipinski definition) is 1. The molecule has 0 bridgehead atoms. The van der Waals surface area contributed by atoms with Gasteiger partial charge in [0.2, 0.25) is 0 Å². The molecule has 21 heavy (non-hydrogen) atoms. The topological polar surface area (TPSA) is 71.4 Å². The molecule has 0 amide bonds. The fraction of sp³-hybridized carbons (Fsp3) is 0.562. The maximum absolute atomic E-state index is 12.1. The van der Waals surface area contributed by atoms with Crippen LogP contribution in [0.2, 0.25) is 0 Å². The van der Waals surface area contributed by atoms with Crippen LogP contribution in [0.3, 0.4) is 0 Å². The summed E-state index contributed by atoms with van der Waals surface area (Å²) in [6.45, 7) is 2.13.